The van der Waals surface area contributed by atoms with Crippen molar-refractivity contribution < 1.29 is 14.3 Å². The first kappa shape index (κ1) is 12.5. The van der Waals surface area contributed by atoms with Crippen LogP contribution in [-0.4, -0.2) is 19.5 Å². The van der Waals surface area contributed by atoms with Crippen molar-refractivity contribution in [2.24, 2.45) is 0 Å². The fraction of sp³-hybridized carbons (Fsp3) is 0.188. The van der Waals surface area contributed by atoms with Crippen molar-refractivity contribution in [2.45, 2.75) is 6.42 Å². The van der Waals surface area contributed by atoms with Crippen LogP contribution in [0, 0.1) is 0 Å². The van der Waals surface area contributed by atoms with Crippen LogP contribution in [0.2, 0.25) is 0 Å². The lowest BCUT2D eigenvalue weighted by Gasteiger charge is -2.10. The number of fused-ring (bicyclic) bond motifs is 1. The molecular formula is C16H15NO3. The molecule has 4 heteroatoms. The molecule has 2 aromatic carbocycles. The smallest absolute Gasteiger partial charge is 0.196 e. The molecule has 2 aromatic rings. The van der Waals surface area contributed by atoms with Crippen LogP contribution in [0.3, 0.4) is 0 Å². The molecule has 0 aliphatic carbocycles. The number of para-hydroxylation sites is 1. The number of nitrogen functional groups attached to an aromatic ring is 1. The van der Waals surface area contributed by atoms with E-state index in [4.69, 9.17) is 15.2 Å². The molecule has 0 spiro atoms. The zero-order valence-corrected chi connectivity index (χ0v) is 11.2. The number of ether oxygens (including phenoxy) is 2. The van der Waals surface area contributed by atoms with E-state index in [2.05, 4.69) is 0 Å². The summed E-state index contributed by atoms with van der Waals surface area (Å²) in [5.41, 5.74) is 8.47. The Hall–Kier alpha value is -2.49. The highest BCUT2D eigenvalue weighted by Gasteiger charge is 2.19. The van der Waals surface area contributed by atoms with Gasteiger partial charge in [-0.25, -0.2) is 0 Å². The average Bonchev–Trinajstić information content (AvgIpc) is 2.93. The molecule has 0 saturated heterocycles. The molecule has 20 heavy (non-hydrogen) atoms. The van der Waals surface area contributed by atoms with E-state index in [0.717, 1.165) is 17.7 Å². The molecule has 4 nitrogen and oxygen atoms in total. The van der Waals surface area contributed by atoms with Crippen molar-refractivity contribution in [2.75, 3.05) is 19.5 Å². The maximum absolute atomic E-state index is 12.6. The Morgan fingerprint density at radius 1 is 1.30 bits per heavy atom. The quantitative estimate of drug-likeness (QED) is 0.686. The topological polar surface area (TPSA) is 61.5 Å². The Morgan fingerprint density at radius 3 is 2.95 bits per heavy atom. The van der Waals surface area contributed by atoms with Gasteiger partial charge in [-0.05, 0) is 35.9 Å². The van der Waals surface area contributed by atoms with Crippen molar-refractivity contribution in [1.82, 2.24) is 0 Å². The number of hydrogen-bond donors (Lipinski definition) is 1. The van der Waals surface area contributed by atoms with Gasteiger partial charge >= 0.3 is 0 Å². The highest BCUT2D eigenvalue weighted by atomic mass is 16.5. The number of carbonyl (C=O) groups is 1. The van der Waals surface area contributed by atoms with Crippen molar-refractivity contribution in [3.05, 3.63) is 53.1 Å². The van der Waals surface area contributed by atoms with Gasteiger partial charge in [-0.2, -0.15) is 0 Å². The molecule has 0 saturated carbocycles. The Kier molecular flexibility index (Phi) is 3.06. The molecule has 3 rings (SSSR count). The first-order valence-corrected chi connectivity index (χ1v) is 6.43. The van der Waals surface area contributed by atoms with Crippen LogP contribution in [0.1, 0.15) is 21.5 Å². The fourth-order valence-electron chi connectivity index (χ4n) is 2.44. The average molecular weight is 269 g/mol. The van der Waals surface area contributed by atoms with Gasteiger partial charge in [0.25, 0.3) is 0 Å². The van der Waals surface area contributed by atoms with E-state index in [1.807, 2.05) is 12.1 Å². The minimum atomic E-state index is -0.0937. The van der Waals surface area contributed by atoms with E-state index in [9.17, 15) is 4.79 Å². The highest BCUT2D eigenvalue weighted by Crippen LogP contribution is 2.30. The maximum Gasteiger partial charge on any atom is 0.196 e. The molecule has 1 aliphatic rings. The first-order valence-electron chi connectivity index (χ1n) is 6.43. The molecule has 0 bridgehead atoms. The molecule has 1 heterocycles. The fourth-order valence-corrected chi connectivity index (χ4v) is 2.44. The summed E-state index contributed by atoms with van der Waals surface area (Å²) in [6.45, 7) is 0.675. The second-order valence-electron chi connectivity index (χ2n) is 4.68. The first-order chi connectivity index (χ1) is 9.70. The van der Waals surface area contributed by atoms with Crippen LogP contribution in [0.15, 0.2) is 36.4 Å². The van der Waals surface area contributed by atoms with E-state index in [0.29, 0.717) is 29.2 Å². The van der Waals surface area contributed by atoms with E-state index < -0.39 is 0 Å². The van der Waals surface area contributed by atoms with Crippen molar-refractivity contribution in [1.29, 1.82) is 0 Å². The van der Waals surface area contributed by atoms with Gasteiger partial charge in [0.15, 0.2) is 11.5 Å². The van der Waals surface area contributed by atoms with Gasteiger partial charge in [-0.15, -0.1) is 0 Å². The van der Waals surface area contributed by atoms with Crippen LogP contribution in [0.25, 0.3) is 0 Å². The van der Waals surface area contributed by atoms with E-state index >= 15 is 0 Å². The Morgan fingerprint density at radius 2 is 2.15 bits per heavy atom. The Balaban J connectivity index is 2.03. The summed E-state index contributed by atoms with van der Waals surface area (Å²) in [5.74, 6) is 1.19. The van der Waals surface area contributed by atoms with Gasteiger partial charge in [-0.1, -0.05) is 6.07 Å². The zero-order valence-electron chi connectivity index (χ0n) is 11.2. The second kappa shape index (κ2) is 4.89. The monoisotopic (exact) mass is 269 g/mol. The van der Waals surface area contributed by atoms with Gasteiger partial charge in [0.2, 0.25) is 0 Å². The summed E-state index contributed by atoms with van der Waals surface area (Å²) in [5, 5.41) is 0. The molecule has 102 valence electrons. The second-order valence-corrected chi connectivity index (χ2v) is 4.68. The summed E-state index contributed by atoms with van der Waals surface area (Å²) in [6, 6.07) is 10.7. The molecule has 0 radical (unpaired) electrons. The summed E-state index contributed by atoms with van der Waals surface area (Å²) in [7, 11) is 1.51. The third-order valence-electron chi connectivity index (χ3n) is 3.45. The van der Waals surface area contributed by atoms with Crippen LogP contribution in [-0.2, 0) is 6.42 Å². The molecule has 1 aliphatic heterocycles. The predicted octanol–water partition coefficient (Wildman–Crippen LogP) is 2.44. The van der Waals surface area contributed by atoms with Crippen LogP contribution in [0.5, 0.6) is 11.5 Å². The molecule has 0 aromatic heterocycles. The third kappa shape index (κ3) is 1.99. The largest absolute Gasteiger partial charge is 0.494 e. The lowest BCUT2D eigenvalue weighted by molar-refractivity contribution is 0.103. The standard InChI is InChI=1S/C16H15NO3/c1-19-16-12(3-2-4-13(16)17)15(18)11-5-6-14-10(9-11)7-8-20-14/h2-6,9H,7-8,17H2,1H3. The number of methoxy groups -OCH3 is 1. The summed E-state index contributed by atoms with van der Waals surface area (Å²) < 4.78 is 10.7. The molecule has 0 atom stereocenters. The third-order valence-corrected chi connectivity index (χ3v) is 3.45. The van der Waals surface area contributed by atoms with Crippen LogP contribution >= 0.6 is 0 Å². The van der Waals surface area contributed by atoms with Crippen LogP contribution < -0.4 is 15.2 Å². The SMILES string of the molecule is COc1c(N)cccc1C(=O)c1ccc2c(c1)CCO2. The number of anilines is 1. The minimum absolute atomic E-state index is 0.0937. The van der Waals surface area contributed by atoms with Crippen molar-refractivity contribution in [3.63, 3.8) is 0 Å². The van der Waals surface area contributed by atoms with Gasteiger partial charge in [0, 0.05) is 12.0 Å². The summed E-state index contributed by atoms with van der Waals surface area (Å²) in [6.07, 6.45) is 0.838. The molecule has 0 fully saturated rings. The Bertz CT molecular complexity index is 679. The molecule has 2 N–H and O–H groups in total. The van der Waals surface area contributed by atoms with Crippen molar-refractivity contribution in [3.8, 4) is 11.5 Å². The van der Waals surface area contributed by atoms with E-state index in [1.54, 1.807) is 24.3 Å². The summed E-state index contributed by atoms with van der Waals surface area (Å²) >= 11 is 0. The number of carbonyl (C=O) groups excluding carboxylic acids is 1. The Labute approximate surface area is 117 Å². The number of nitrogens with two attached hydrogens (primary N) is 1. The van der Waals surface area contributed by atoms with Gasteiger partial charge in [0.05, 0.1) is 25.0 Å². The number of ketones is 1. The predicted molar refractivity (Wildman–Crippen MR) is 76.5 cm³/mol. The van der Waals surface area contributed by atoms with Gasteiger partial charge in [0.1, 0.15) is 5.75 Å². The van der Waals surface area contributed by atoms with E-state index in [1.165, 1.54) is 7.11 Å². The lowest BCUT2D eigenvalue weighted by Crippen LogP contribution is -2.06. The molecule has 0 unspecified atom stereocenters. The lowest BCUT2D eigenvalue weighted by atomic mass is 9.99. The summed E-state index contributed by atoms with van der Waals surface area (Å²) in [4.78, 5) is 12.6. The maximum atomic E-state index is 12.6. The molecular weight excluding hydrogens is 254 g/mol. The van der Waals surface area contributed by atoms with Gasteiger partial charge in [-0.3, -0.25) is 4.79 Å². The zero-order chi connectivity index (χ0) is 14.1. The normalized spacial score (nSPS) is 12.7. The van der Waals surface area contributed by atoms with Crippen LogP contribution in [0.4, 0.5) is 5.69 Å². The number of rotatable bonds is 3. The van der Waals surface area contributed by atoms with Gasteiger partial charge < -0.3 is 15.2 Å². The molecule has 0 amide bonds. The van der Waals surface area contributed by atoms with E-state index in [-0.39, 0.29) is 5.78 Å². The minimum Gasteiger partial charge on any atom is -0.494 e. The number of benzene rings is 2. The van der Waals surface area contributed by atoms with Crippen molar-refractivity contribution >= 4 is 11.5 Å². The highest BCUT2D eigenvalue weighted by molar-refractivity contribution is 6.11. The number of hydrogen-bond acceptors (Lipinski definition) is 4.